The number of β-amino-alcohol motifs (C(OH)–C–C–N with tert-alkyl or cyclic N) is 1. The molecule has 2 aliphatic rings. The molecule has 68 valence electrons. The third-order valence-corrected chi connectivity index (χ3v) is 3.69. The normalized spacial score (nSPS) is 37.4. The van der Waals surface area contributed by atoms with E-state index in [4.69, 9.17) is 0 Å². The first-order valence-corrected chi connectivity index (χ1v) is 5.68. The predicted octanol–water partition coefficient (Wildman–Crippen LogP) is 0.725. The fourth-order valence-corrected chi connectivity index (χ4v) is 3.09. The quantitative estimate of drug-likeness (QED) is 0.609. The number of hydrogen-bond acceptors (Lipinski definition) is 3. The van der Waals surface area contributed by atoms with E-state index in [-0.39, 0.29) is 6.10 Å². The van der Waals surface area contributed by atoms with Crippen LogP contribution >= 0.6 is 11.8 Å². The van der Waals surface area contributed by atoms with Gasteiger partial charge >= 0.3 is 0 Å². The maximum Gasteiger partial charge on any atom is 0.0848 e. The van der Waals surface area contributed by atoms with Crippen molar-refractivity contribution in [3.63, 3.8) is 0 Å². The molecule has 2 atom stereocenters. The molecule has 0 saturated carbocycles. The Balaban J connectivity index is 1.91. The molecule has 1 fully saturated rings. The zero-order valence-corrected chi connectivity index (χ0v) is 7.96. The highest BCUT2D eigenvalue weighted by Gasteiger charge is 2.24. The van der Waals surface area contributed by atoms with Crippen LogP contribution in [0.25, 0.3) is 0 Å². The smallest absolute Gasteiger partial charge is 0.0848 e. The van der Waals surface area contributed by atoms with Crippen LogP contribution in [0.2, 0.25) is 0 Å². The summed E-state index contributed by atoms with van der Waals surface area (Å²) >= 11 is 2.03. The number of hydrogen-bond donors (Lipinski definition) is 1. The van der Waals surface area contributed by atoms with E-state index in [0.29, 0.717) is 0 Å². The van der Waals surface area contributed by atoms with Gasteiger partial charge in [-0.1, -0.05) is 12.2 Å². The van der Waals surface area contributed by atoms with Gasteiger partial charge in [-0.15, -0.1) is 0 Å². The molecule has 3 heteroatoms. The van der Waals surface area contributed by atoms with Crippen LogP contribution in [0.1, 0.15) is 6.42 Å². The molecule has 0 amide bonds. The summed E-state index contributed by atoms with van der Waals surface area (Å²) in [5.41, 5.74) is 0. The molecular formula is C9H15NOS. The van der Waals surface area contributed by atoms with Crippen molar-refractivity contribution in [2.75, 3.05) is 24.6 Å². The lowest BCUT2D eigenvalue weighted by Crippen LogP contribution is -2.42. The molecule has 0 spiro atoms. The molecule has 0 aromatic carbocycles. The van der Waals surface area contributed by atoms with Crippen molar-refractivity contribution in [3.05, 3.63) is 12.2 Å². The summed E-state index contributed by atoms with van der Waals surface area (Å²) < 4.78 is 0. The zero-order chi connectivity index (χ0) is 8.39. The molecule has 0 aromatic rings. The average molecular weight is 185 g/mol. The third kappa shape index (κ3) is 1.84. The van der Waals surface area contributed by atoms with Gasteiger partial charge < -0.3 is 5.11 Å². The lowest BCUT2D eigenvalue weighted by molar-refractivity contribution is 0.121. The fourth-order valence-electron chi connectivity index (χ4n) is 1.84. The van der Waals surface area contributed by atoms with Crippen molar-refractivity contribution in [3.8, 4) is 0 Å². The molecule has 2 nitrogen and oxygen atoms in total. The Morgan fingerprint density at radius 2 is 2.42 bits per heavy atom. The minimum atomic E-state index is -0.232. The van der Waals surface area contributed by atoms with E-state index in [1.165, 1.54) is 17.9 Å². The van der Waals surface area contributed by atoms with Gasteiger partial charge in [-0.3, -0.25) is 4.90 Å². The summed E-state index contributed by atoms with van der Waals surface area (Å²) in [4.78, 5) is 2.39. The van der Waals surface area contributed by atoms with Crippen LogP contribution in [-0.4, -0.2) is 46.7 Å². The van der Waals surface area contributed by atoms with Gasteiger partial charge in [-0.2, -0.15) is 11.8 Å². The highest BCUT2D eigenvalue weighted by Crippen LogP contribution is 2.23. The minimum absolute atomic E-state index is 0.232. The molecule has 0 radical (unpaired) electrons. The summed E-state index contributed by atoms with van der Waals surface area (Å²) in [6.07, 6.45) is 5.05. The second-order valence-corrected chi connectivity index (χ2v) is 4.62. The fraction of sp³-hybridized carbons (Fsp3) is 0.778. The minimum Gasteiger partial charge on any atom is -0.388 e. The molecule has 0 bridgehead atoms. The molecule has 0 aliphatic carbocycles. The second-order valence-electron chi connectivity index (χ2n) is 3.47. The van der Waals surface area contributed by atoms with Crippen LogP contribution in [0.15, 0.2) is 12.2 Å². The first kappa shape index (κ1) is 8.60. The largest absolute Gasteiger partial charge is 0.388 e. The van der Waals surface area contributed by atoms with E-state index in [1.54, 1.807) is 0 Å². The first-order valence-electron chi connectivity index (χ1n) is 4.53. The number of aliphatic hydroxyl groups excluding tert-OH is 1. The van der Waals surface area contributed by atoms with Gasteiger partial charge in [0.2, 0.25) is 0 Å². The number of rotatable bonds is 1. The van der Waals surface area contributed by atoms with Gasteiger partial charge in [0.05, 0.1) is 6.10 Å². The highest BCUT2D eigenvalue weighted by atomic mass is 32.2. The van der Waals surface area contributed by atoms with E-state index in [2.05, 4.69) is 11.0 Å². The van der Waals surface area contributed by atoms with Gasteiger partial charge in [-0.05, 0) is 12.2 Å². The molecule has 2 aliphatic heterocycles. The molecular weight excluding hydrogens is 170 g/mol. The van der Waals surface area contributed by atoms with E-state index >= 15 is 0 Å². The Morgan fingerprint density at radius 3 is 3.08 bits per heavy atom. The second kappa shape index (κ2) is 3.81. The Kier molecular flexibility index (Phi) is 2.73. The monoisotopic (exact) mass is 185 g/mol. The standard InChI is InChI=1S/C9H15NOS/c11-9-2-1-4-10(6-9)8-3-5-12-7-8/h1-2,8-9,11H,3-7H2. The van der Waals surface area contributed by atoms with Crippen molar-refractivity contribution in [2.24, 2.45) is 0 Å². The zero-order valence-electron chi connectivity index (χ0n) is 7.15. The summed E-state index contributed by atoms with van der Waals surface area (Å²) in [5, 5.41) is 9.40. The predicted molar refractivity (Wildman–Crippen MR) is 52.4 cm³/mol. The van der Waals surface area contributed by atoms with Crippen LogP contribution in [0.5, 0.6) is 0 Å². The Labute approximate surface area is 77.6 Å². The number of nitrogens with zero attached hydrogens (tertiary/aromatic N) is 1. The van der Waals surface area contributed by atoms with Crippen molar-refractivity contribution in [1.29, 1.82) is 0 Å². The molecule has 12 heavy (non-hydrogen) atoms. The average Bonchev–Trinajstić information content (AvgIpc) is 2.56. The van der Waals surface area contributed by atoms with Crippen molar-refractivity contribution < 1.29 is 5.11 Å². The summed E-state index contributed by atoms with van der Waals surface area (Å²) in [6.45, 7) is 1.87. The molecule has 2 rings (SSSR count). The van der Waals surface area contributed by atoms with E-state index in [0.717, 1.165) is 19.1 Å². The summed E-state index contributed by atoms with van der Waals surface area (Å²) in [5.74, 6) is 2.54. The summed E-state index contributed by atoms with van der Waals surface area (Å²) in [6, 6.07) is 0.717. The van der Waals surface area contributed by atoms with E-state index < -0.39 is 0 Å². The van der Waals surface area contributed by atoms with Gasteiger partial charge in [0, 0.05) is 24.9 Å². The van der Waals surface area contributed by atoms with Crippen molar-refractivity contribution in [1.82, 2.24) is 4.90 Å². The van der Waals surface area contributed by atoms with Crippen LogP contribution in [0.3, 0.4) is 0 Å². The first-order chi connectivity index (χ1) is 5.86. The Morgan fingerprint density at radius 1 is 1.50 bits per heavy atom. The van der Waals surface area contributed by atoms with Crippen molar-refractivity contribution in [2.45, 2.75) is 18.6 Å². The maximum atomic E-state index is 9.40. The Hall–Kier alpha value is 0.01000. The third-order valence-electron chi connectivity index (χ3n) is 2.54. The van der Waals surface area contributed by atoms with Gasteiger partial charge in [0.25, 0.3) is 0 Å². The molecule has 1 saturated heterocycles. The number of thioether (sulfide) groups is 1. The topological polar surface area (TPSA) is 23.5 Å². The molecule has 2 unspecified atom stereocenters. The van der Waals surface area contributed by atoms with Gasteiger partial charge in [0.15, 0.2) is 0 Å². The lowest BCUT2D eigenvalue weighted by Gasteiger charge is -2.31. The number of aliphatic hydroxyl groups is 1. The lowest BCUT2D eigenvalue weighted by atomic mass is 10.1. The maximum absolute atomic E-state index is 9.40. The highest BCUT2D eigenvalue weighted by molar-refractivity contribution is 7.99. The van der Waals surface area contributed by atoms with Crippen LogP contribution in [-0.2, 0) is 0 Å². The SMILES string of the molecule is OC1C=CCN(C2CCSC2)C1. The van der Waals surface area contributed by atoms with E-state index in [9.17, 15) is 5.11 Å². The Bertz CT molecular complexity index is 177. The van der Waals surface area contributed by atoms with Gasteiger partial charge in [0.1, 0.15) is 0 Å². The van der Waals surface area contributed by atoms with Crippen LogP contribution < -0.4 is 0 Å². The van der Waals surface area contributed by atoms with Crippen molar-refractivity contribution >= 4 is 11.8 Å². The molecule has 2 heterocycles. The molecule has 0 aromatic heterocycles. The summed E-state index contributed by atoms with van der Waals surface area (Å²) in [7, 11) is 0. The van der Waals surface area contributed by atoms with Gasteiger partial charge in [-0.25, -0.2) is 0 Å². The van der Waals surface area contributed by atoms with Crippen LogP contribution in [0, 0.1) is 0 Å². The van der Waals surface area contributed by atoms with E-state index in [1.807, 2.05) is 17.8 Å². The van der Waals surface area contributed by atoms with Crippen LogP contribution in [0.4, 0.5) is 0 Å². The molecule has 1 N–H and O–H groups in total.